The Kier molecular flexibility index (Phi) is 5.93. The zero-order valence-electron chi connectivity index (χ0n) is 15.2. The molecule has 160 valence electrons. The van der Waals surface area contributed by atoms with Crippen LogP contribution in [0.3, 0.4) is 0 Å². The molecule has 1 aliphatic rings. The van der Waals surface area contributed by atoms with Crippen LogP contribution in [-0.2, 0) is 16.9 Å². The molecule has 1 aliphatic heterocycles. The first kappa shape index (κ1) is 21.6. The van der Waals surface area contributed by atoms with Crippen molar-refractivity contribution in [2.24, 2.45) is 0 Å². The maximum Gasteiger partial charge on any atom is 0.430 e. The number of hydrogen-bond acceptors (Lipinski definition) is 4. The second-order valence-electron chi connectivity index (χ2n) is 6.73. The fourth-order valence-electron chi connectivity index (χ4n) is 3.10. The molecule has 11 heteroatoms. The van der Waals surface area contributed by atoms with Crippen LogP contribution in [0.25, 0.3) is 11.1 Å². The highest BCUT2D eigenvalue weighted by Gasteiger charge is 2.71. The highest BCUT2D eigenvalue weighted by molar-refractivity contribution is 5.62. The van der Waals surface area contributed by atoms with Crippen LogP contribution in [0.5, 0.6) is 0 Å². The molecule has 2 heterocycles. The molecule has 2 aromatic rings. The third kappa shape index (κ3) is 4.41. The Bertz CT molecular complexity index is 796. The molecular formula is C18H19F6N3O2. The molecule has 1 aromatic heterocycles. The fraction of sp³-hybridized carbons (Fsp3) is 0.500. The lowest BCUT2D eigenvalue weighted by molar-refractivity contribution is -0.376. The van der Waals surface area contributed by atoms with Gasteiger partial charge in [-0.25, -0.2) is 0 Å². The van der Waals surface area contributed by atoms with E-state index in [9.17, 15) is 31.4 Å². The minimum absolute atomic E-state index is 0.387. The van der Waals surface area contributed by atoms with Crippen LogP contribution in [-0.4, -0.2) is 65.0 Å². The van der Waals surface area contributed by atoms with E-state index in [1.807, 2.05) is 0 Å². The van der Waals surface area contributed by atoms with Gasteiger partial charge in [-0.1, -0.05) is 24.3 Å². The van der Waals surface area contributed by atoms with Crippen molar-refractivity contribution in [2.45, 2.75) is 24.5 Å². The van der Waals surface area contributed by atoms with E-state index in [2.05, 4.69) is 10.00 Å². The van der Waals surface area contributed by atoms with E-state index in [0.717, 1.165) is 31.8 Å². The average molecular weight is 423 g/mol. The summed E-state index contributed by atoms with van der Waals surface area (Å²) in [7, 11) is 0. The lowest BCUT2D eigenvalue weighted by Crippen LogP contribution is -2.53. The minimum atomic E-state index is -5.91. The molecule has 0 bridgehead atoms. The Morgan fingerprint density at radius 1 is 0.897 bits per heavy atom. The zero-order chi connectivity index (χ0) is 21.3. The van der Waals surface area contributed by atoms with Gasteiger partial charge in [0.15, 0.2) is 0 Å². The smallest absolute Gasteiger partial charge is 0.379 e. The second kappa shape index (κ2) is 7.96. The van der Waals surface area contributed by atoms with Crippen molar-refractivity contribution < 1.29 is 36.2 Å². The first-order valence-corrected chi connectivity index (χ1v) is 8.81. The lowest BCUT2D eigenvalue weighted by Gasteiger charge is -2.32. The molecule has 29 heavy (non-hydrogen) atoms. The van der Waals surface area contributed by atoms with Crippen molar-refractivity contribution in [3.05, 3.63) is 42.2 Å². The largest absolute Gasteiger partial charge is 0.430 e. The van der Waals surface area contributed by atoms with Crippen LogP contribution in [0.4, 0.5) is 26.3 Å². The number of nitrogens with zero attached hydrogens (tertiary/aromatic N) is 3. The topological polar surface area (TPSA) is 50.5 Å². The number of rotatable bonds is 5. The molecule has 0 spiro atoms. The summed E-state index contributed by atoms with van der Waals surface area (Å²) in [5, 5.41) is 13.6. The third-order valence-electron chi connectivity index (χ3n) is 4.84. The van der Waals surface area contributed by atoms with Gasteiger partial charge >= 0.3 is 12.4 Å². The number of ether oxygens (including phenoxy) is 1. The SMILES string of the molecule is OC(c1ccc(-c2cnn(CCN3CCOCC3)c2)cc1)(C(F)(F)F)C(F)(F)F. The van der Waals surface area contributed by atoms with Gasteiger partial charge in [-0.2, -0.15) is 31.4 Å². The lowest BCUT2D eigenvalue weighted by atomic mass is 9.91. The van der Waals surface area contributed by atoms with Crippen molar-refractivity contribution in [1.29, 1.82) is 0 Å². The van der Waals surface area contributed by atoms with E-state index in [0.29, 0.717) is 43.0 Å². The van der Waals surface area contributed by atoms with Crippen molar-refractivity contribution in [2.75, 3.05) is 32.8 Å². The Labute approximate surface area is 162 Å². The zero-order valence-corrected chi connectivity index (χ0v) is 15.2. The Morgan fingerprint density at radius 3 is 2.03 bits per heavy atom. The van der Waals surface area contributed by atoms with E-state index >= 15 is 0 Å². The number of aromatic nitrogens is 2. The normalized spacial score (nSPS) is 16.9. The molecule has 0 radical (unpaired) electrons. The number of morpholine rings is 1. The van der Waals surface area contributed by atoms with Gasteiger partial charge in [-0.15, -0.1) is 0 Å². The maximum absolute atomic E-state index is 13.0. The first-order valence-electron chi connectivity index (χ1n) is 8.81. The van der Waals surface area contributed by atoms with Crippen LogP contribution >= 0.6 is 0 Å². The van der Waals surface area contributed by atoms with E-state index in [1.165, 1.54) is 6.20 Å². The molecule has 0 unspecified atom stereocenters. The van der Waals surface area contributed by atoms with Crippen molar-refractivity contribution >= 4 is 0 Å². The second-order valence-corrected chi connectivity index (χ2v) is 6.73. The quantitative estimate of drug-likeness (QED) is 0.751. The third-order valence-corrected chi connectivity index (χ3v) is 4.84. The van der Waals surface area contributed by atoms with Gasteiger partial charge in [-0.3, -0.25) is 9.58 Å². The first-order chi connectivity index (χ1) is 13.5. The number of alkyl halides is 6. The molecule has 0 aliphatic carbocycles. The molecule has 1 aromatic carbocycles. The van der Waals surface area contributed by atoms with Gasteiger partial charge in [0, 0.05) is 37.0 Å². The van der Waals surface area contributed by atoms with Crippen LogP contribution < -0.4 is 0 Å². The summed E-state index contributed by atoms with van der Waals surface area (Å²) in [4.78, 5) is 2.20. The monoisotopic (exact) mass is 423 g/mol. The number of benzene rings is 1. The summed E-state index contributed by atoms with van der Waals surface area (Å²) in [5.74, 6) is 0. The summed E-state index contributed by atoms with van der Waals surface area (Å²) < 4.78 is 84.7. The molecule has 1 N–H and O–H groups in total. The Hall–Kier alpha value is -2.11. The molecular weight excluding hydrogens is 404 g/mol. The van der Waals surface area contributed by atoms with Gasteiger partial charge < -0.3 is 9.84 Å². The summed E-state index contributed by atoms with van der Waals surface area (Å²) >= 11 is 0. The van der Waals surface area contributed by atoms with Gasteiger partial charge in [-0.05, 0) is 5.56 Å². The van der Waals surface area contributed by atoms with E-state index in [4.69, 9.17) is 4.74 Å². The summed E-state index contributed by atoms with van der Waals surface area (Å²) in [6.07, 6.45) is -8.67. The van der Waals surface area contributed by atoms with Gasteiger partial charge in [0.25, 0.3) is 5.60 Å². The van der Waals surface area contributed by atoms with Crippen LogP contribution in [0.1, 0.15) is 5.56 Å². The van der Waals surface area contributed by atoms with Crippen LogP contribution in [0.15, 0.2) is 36.7 Å². The Balaban J connectivity index is 1.74. The fourth-order valence-corrected chi connectivity index (χ4v) is 3.10. The summed E-state index contributed by atoms with van der Waals surface area (Å²) in [6, 6.07) is 3.45. The highest BCUT2D eigenvalue weighted by atomic mass is 19.4. The number of halogens is 6. The molecule has 1 saturated heterocycles. The predicted molar refractivity (Wildman–Crippen MR) is 90.9 cm³/mol. The van der Waals surface area contributed by atoms with Crippen molar-refractivity contribution in [3.63, 3.8) is 0 Å². The van der Waals surface area contributed by atoms with E-state index in [1.54, 1.807) is 10.9 Å². The van der Waals surface area contributed by atoms with Crippen molar-refractivity contribution in [1.82, 2.24) is 14.7 Å². The highest BCUT2D eigenvalue weighted by Crippen LogP contribution is 2.50. The minimum Gasteiger partial charge on any atom is -0.379 e. The van der Waals surface area contributed by atoms with Crippen molar-refractivity contribution in [3.8, 4) is 11.1 Å². The summed E-state index contributed by atoms with van der Waals surface area (Å²) in [6.45, 7) is 4.29. The molecule has 0 saturated carbocycles. The van der Waals surface area contributed by atoms with Crippen LogP contribution in [0, 0.1) is 0 Å². The van der Waals surface area contributed by atoms with Crippen LogP contribution in [0.2, 0.25) is 0 Å². The van der Waals surface area contributed by atoms with Gasteiger partial charge in [0.1, 0.15) is 0 Å². The molecule has 3 rings (SSSR count). The maximum atomic E-state index is 13.0. The average Bonchev–Trinajstić information content (AvgIpc) is 3.14. The van der Waals surface area contributed by atoms with E-state index in [-0.39, 0.29) is 0 Å². The Morgan fingerprint density at radius 2 is 1.48 bits per heavy atom. The van der Waals surface area contributed by atoms with Gasteiger partial charge in [0.2, 0.25) is 0 Å². The molecule has 1 fully saturated rings. The molecule has 0 amide bonds. The summed E-state index contributed by atoms with van der Waals surface area (Å²) in [5.41, 5.74) is -5.29. The molecule has 0 atom stereocenters. The van der Waals surface area contributed by atoms with Gasteiger partial charge in [0.05, 0.1) is 26.0 Å². The number of aliphatic hydroxyl groups is 1. The molecule has 5 nitrogen and oxygen atoms in total. The predicted octanol–water partition coefficient (Wildman–Crippen LogP) is 3.19. The number of hydrogen-bond donors (Lipinski definition) is 1. The standard InChI is InChI=1S/C18H19F6N3O2/c19-17(20,21)16(28,18(22,23)24)15-3-1-13(2-4-15)14-11-25-27(12-14)6-5-26-7-9-29-10-8-26/h1-4,11-12,28H,5-10H2. The van der Waals surface area contributed by atoms with E-state index < -0.39 is 23.5 Å².